The molecule has 0 heterocycles. The highest BCUT2D eigenvalue weighted by molar-refractivity contribution is 5.69. The van der Waals surface area contributed by atoms with Gasteiger partial charge < -0.3 is 5.73 Å². The van der Waals surface area contributed by atoms with Crippen LogP contribution in [0.4, 0.5) is 0 Å². The molecule has 4 heteroatoms. The van der Waals surface area contributed by atoms with Gasteiger partial charge in [0.25, 0.3) is 0 Å². The van der Waals surface area contributed by atoms with Crippen LogP contribution in [0.15, 0.2) is 18.2 Å². The van der Waals surface area contributed by atoms with Gasteiger partial charge in [0.05, 0.1) is 6.42 Å². The second kappa shape index (κ2) is 6.25. The first-order valence-electron chi connectivity index (χ1n) is 5.72. The first-order valence-corrected chi connectivity index (χ1v) is 5.72. The van der Waals surface area contributed by atoms with E-state index < -0.39 is 5.97 Å². The van der Waals surface area contributed by atoms with Gasteiger partial charge in [-0.3, -0.25) is 9.78 Å². The molecule has 17 heavy (non-hydrogen) atoms. The fourth-order valence-corrected chi connectivity index (χ4v) is 1.44. The highest BCUT2D eigenvalue weighted by atomic mass is 17.2. The summed E-state index contributed by atoms with van der Waals surface area (Å²) in [5.41, 5.74) is 7.31. The van der Waals surface area contributed by atoms with Crippen LogP contribution in [-0.4, -0.2) is 12.5 Å². The molecular formula is C13H19NO3. The SMILES string of the molecule is Cc1ccc(C(C)C)c(OOC(=O)CCN)c1. The van der Waals surface area contributed by atoms with E-state index in [0.717, 1.165) is 11.1 Å². The van der Waals surface area contributed by atoms with E-state index in [9.17, 15) is 4.79 Å². The minimum absolute atomic E-state index is 0.156. The molecule has 0 aliphatic heterocycles. The maximum absolute atomic E-state index is 11.2. The van der Waals surface area contributed by atoms with Crippen LogP contribution in [0.3, 0.4) is 0 Å². The Balaban J connectivity index is 2.75. The zero-order chi connectivity index (χ0) is 12.8. The second-order valence-corrected chi connectivity index (χ2v) is 4.27. The Labute approximate surface area is 102 Å². The lowest BCUT2D eigenvalue weighted by Gasteiger charge is -2.12. The summed E-state index contributed by atoms with van der Waals surface area (Å²) < 4.78 is 0. The quantitative estimate of drug-likeness (QED) is 0.630. The van der Waals surface area contributed by atoms with Gasteiger partial charge in [-0.25, -0.2) is 4.79 Å². The molecule has 0 amide bonds. The van der Waals surface area contributed by atoms with E-state index in [2.05, 4.69) is 13.8 Å². The van der Waals surface area contributed by atoms with Crippen molar-refractivity contribution >= 4 is 5.97 Å². The van der Waals surface area contributed by atoms with Gasteiger partial charge in [0.15, 0.2) is 5.75 Å². The lowest BCUT2D eigenvalue weighted by Crippen LogP contribution is -2.13. The van der Waals surface area contributed by atoms with E-state index in [1.54, 1.807) is 0 Å². The number of aryl methyl sites for hydroxylation is 1. The van der Waals surface area contributed by atoms with Crippen LogP contribution in [0.25, 0.3) is 0 Å². The first kappa shape index (κ1) is 13.5. The summed E-state index contributed by atoms with van der Waals surface area (Å²) in [6.07, 6.45) is 0.156. The average molecular weight is 237 g/mol. The number of carbonyl (C=O) groups is 1. The molecule has 0 aliphatic carbocycles. The smallest absolute Gasteiger partial charge is 0.330 e. The maximum atomic E-state index is 11.2. The van der Waals surface area contributed by atoms with Crippen LogP contribution in [0.1, 0.15) is 37.3 Å². The lowest BCUT2D eigenvalue weighted by atomic mass is 10.0. The Morgan fingerprint density at radius 2 is 2.12 bits per heavy atom. The van der Waals surface area contributed by atoms with Crippen molar-refractivity contribution < 1.29 is 14.6 Å². The second-order valence-electron chi connectivity index (χ2n) is 4.27. The summed E-state index contributed by atoms with van der Waals surface area (Å²) in [6, 6.07) is 5.83. The van der Waals surface area contributed by atoms with E-state index in [0.29, 0.717) is 11.7 Å². The molecule has 0 bridgehead atoms. The Morgan fingerprint density at radius 1 is 1.41 bits per heavy atom. The molecule has 0 spiro atoms. The molecule has 0 saturated carbocycles. The predicted octanol–water partition coefficient (Wildman–Crippen LogP) is 2.30. The summed E-state index contributed by atoms with van der Waals surface area (Å²) >= 11 is 0. The van der Waals surface area contributed by atoms with E-state index in [4.69, 9.17) is 15.5 Å². The lowest BCUT2D eigenvalue weighted by molar-refractivity contribution is -0.213. The van der Waals surface area contributed by atoms with Crippen LogP contribution >= 0.6 is 0 Å². The van der Waals surface area contributed by atoms with Crippen molar-refractivity contribution in [1.29, 1.82) is 0 Å². The topological polar surface area (TPSA) is 61.5 Å². The van der Waals surface area contributed by atoms with E-state index in [1.807, 2.05) is 25.1 Å². The van der Waals surface area contributed by atoms with E-state index in [1.165, 1.54) is 0 Å². The molecule has 1 aromatic rings. The third-order valence-corrected chi connectivity index (χ3v) is 2.36. The fraction of sp³-hybridized carbons (Fsp3) is 0.462. The fourth-order valence-electron chi connectivity index (χ4n) is 1.44. The van der Waals surface area contributed by atoms with Crippen LogP contribution in [0, 0.1) is 6.92 Å². The van der Waals surface area contributed by atoms with Gasteiger partial charge in [-0.2, -0.15) is 0 Å². The van der Waals surface area contributed by atoms with E-state index in [-0.39, 0.29) is 13.0 Å². The Bertz CT molecular complexity index is 388. The molecule has 1 rings (SSSR count). The Morgan fingerprint density at radius 3 is 2.71 bits per heavy atom. The van der Waals surface area contributed by atoms with Gasteiger partial charge in [-0.1, -0.05) is 26.0 Å². The van der Waals surface area contributed by atoms with Gasteiger partial charge >= 0.3 is 5.97 Å². The first-order chi connectivity index (χ1) is 8.04. The normalized spacial score (nSPS) is 10.4. The molecule has 0 fully saturated rings. The van der Waals surface area contributed by atoms with Crippen LogP contribution in [-0.2, 0) is 9.68 Å². The zero-order valence-electron chi connectivity index (χ0n) is 10.5. The number of benzene rings is 1. The molecule has 0 radical (unpaired) electrons. The van der Waals surface area contributed by atoms with Crippen molar-refractivity contribution in [2.45, 2.75) is 33.1 Å². The number of nitrogens with two attached hydrogens (primary N) is 1. The third-order valence-electron chi connectivity index (χ3n) is 2.36. The number of hydrogen-bond donors (Lipinski definition) is 1. The summed E-state index contributed by atoms with van der Waals surface area (Å²) in [6.45, 7) is 6.32. The number of hydrogen-bond acceptors (Lipinski definition) is 4. The molecule has 0 saturated heterocycles. The molecule has 0 unspecified atom stereocenters. The molecular weight excluding hydrogens is 218 g/mol. The largest absolute Gasteiger partial charge is 0.356 e. The Hall–Kier alpha value is -1.55. The standard InChI is InChI=1S/C13H19NO3/c1-9(2)11-5-4-10(3)8-12(11)16-17-13(15)6-7-14/h4-5,8-9H,6-7,14H2,1-3H3. The maximum Gasteiger partial charge on any atom is 0.356 e. The Kier molecular flexibility index (Phi) is 4.97. The highest BCUT2D eigenvalue weighted by Gasteiger charge is 2.11. The van der Waals surface area contributed by atoms with Gasteiger partial charge in [0, 0.05) is 12.1 Å². The number of carbonyl (C=O) groups excluding carboxylic acids is 1. The third kappa shape index (κ3) is 4.07. The molecule has 94 valence electrons. The van der Waals surface area contributed by atoms with Crippen LogP contribution in [0.2, 0.25) is 0 Å². The van der Waals surface area contributed by atoms with Crippen LogP contribution in [0.5, 0.6) is 5.75 Å². The molecule has 4 nitrogen and oxygen atoms in total. The van der Waals surface area contributed by atoms with Gasteiger partial charge in [0.1, 0.15) is 0 Å². The molecule has 0 aromatic heterocycles. The highest BCUT2D eigenvalue weighted by Crippen LogP contribution is 2.27. The summed E-state index contributed by atoms with van der Waals surface area (Å²) in [4.78, 5) is 20.9. The molecule has 0 aliphatic rings. The van der Waals surface area contributed by atoms with Crippen LogP contribution < -0.4 is 10.6 Å². The van der Waals surface area contributed by atoms with Crippen molar-refractivity contribution in [1.82, 2.24) is 0 Å². The number of rotatable bonds is 5. The molecule has 1 aromatic carbocycles. The summed E-state index contributed by atoms with van der Waals surface area (Å²) in [5.74, 6) is 0.438. The van der Waals surface area contributed by atoms with E-state index >= 15 is 0 Å². The average Bonchev–Trinajstić information content (AvgIpc) is 2.26. The van der Waals surface area contributed by atoms with Gasteiger partial charge in [0.2, 0.25) is 0 Å². The minimum atomic E-state index is -0.455. The van der Waals surface area contributed by atoms with Crippen molar-refractivity contribution in [3.63, 3.8) is 0 Å². The van der Waals surface area contributed by atoms with Gasteiger partial charge in [-0.05, 0) is 24.5 Å². The monoisotopic (exact) mass is 237 g/mol. The van der Waals surface area contributed by atoms with Crippen molar-refractivity contribution in [3.8, 4) is 5.75 Å². The summed E-state index contributed by atoms with van der Waals surface area (Å²) in [5, 5.41) is 0. The summed E-state index contributed by atoms with van der Waals surface area (Å²) in [7, 11) is 0. The molecule has 0 atom stereocenters. The van der Waals surface area contributed by atoms with Gasteiger partial charge in [-0.15, -0.1) is 0 Å². The minimum Gasteiger partial charge on any atom is -0.330 e. The zero-order valence-corrected chi connectivity index (χ0v) is 10.5. The van der Waals surface area contributed by atoms with Crippen molar-refractivity contribution in [2.24, 2.45) is 5.73 Å². The predicted molar refractivity (Wildman–Crippen MR) is 65.7 cm³/mol. The van der Waals surface area contributed by atoms with Crippen molar-refractivity contribution in [2.75, 3.05) is 6.54 Å². The van der Waals surface area contributed by atoms with Crippen molar-refractivity contribution in [3.05, 3.63) is 29.3 Å². The molecule has 2 N–H and O–H groups in total.